The van der Waals surface area contributed by atoms with E-state index in [0.29, 0.717) is 13.2 Å². The molecule has 0 fully saturated rings. The molecule has 0 unspecified atom stereocenters. The minimum absolute atomic E-state index is 0.0367. The molecule has 0 saturated carbocycles. The Morgan fingerprint density at radius 1 is 0.923 bits per heavy atom. The number of hydrogen-bond donors (Lipinski definition) is 0. The zero-order valence-electron chi connectivity index (χ0n) is 7.47. The van der Waals surface area contributed by atoms with E-state index in [1.165, 1.54) is 7.11 Å². The summed E-state index contributed by atoms with van der Waals surface area (Å²) in [6.45, 7) is -5.06. The Bertz CT molecular complexity index is 120. The molecule has 0 atom stereocenters. The summed E-state index contributed by atoms with van der Waals surface area (Å²) >= 11 is 0. The summed E-state index contributed by atoms with van der Waals surface area (Å²) < 4.78 is 48.5. The molecule has 0 aliphatic carbocycles. The van der Waals surface area contributed by atoms with Crippen LogP contribution < -0.4 is 0 Å². The highest BCUT2D eigenvalue weighted by molar-refractivity contribution is 6.58. The maximum Gasteiger partial charge on any atom is 0.503 e. The second-order valence-electron chi connectivity index (χ2n) is 2.39. The lowest BCUT2D eigenvalue weighted by Gasteiger charge is -2.13. The van der Waals surface area contributed by atoms with Gasteiger partial charge in [-0.1, -0.05) is 0 Å². The predicted molar refractivity (Wildman–Crippen MR) is 42.6 cm³/mol. The lowest BCUT2D eigenvalue weighted by atomic mass is 9.95. The van der Waals surface area contributed by atoms with Gasteiger partial charge >= 0.3 is 6.98 Å². The number of hydrogen-bond acceptors (Lipinski definition) is 3. The van der Waals surface area contributed by atoms with Crippen molar-refractivity contribution in [1.29, 1.82) is 0 Å². The zero-order chi connectivity index (χ0) is 10.2. The lowest BCUT2D eigenvalue weighted by molar-refractivity contribution is 0.0302. The normalized spacial score (nSPS) is 12.0. The van der Waals surface area contributed by atoms with E-state index in [9.17, 15) is 12.9 Å². The third-order valence-electron chi connectivity index (χ3n) is 1.11. The van der Waals surface area contributed by atoms with Gasteiger partial charge in [-0.05, 0) is 0 Å². The molecule has 0 aliphatic rings. The van der Waals surface area contributed by atoms with E-state index in [1.807, 2.05) is 0 Å². The van der Waals surface area contributed by atoms with Gasteiger partial charge in [0, 0.05) is 13.6 Å². The Labute approximate surface area is 75.2 Å². The molecule has 0 aromatic rings. The quantitative estimate of drug-likeness (QED) is 0.434. The molecule has 0 aliphatic heterocycles. The molecule has 0 heterocycles. The number of ether oxygens (including phenoxy) is 3. The van der Waals surface area contributed by atoms with Gasteiger partial charge in [0.2, 0.25) is 0 Å². The van der Waals surface area contributed by atoms with Gasteiger partial charge in [-0.3, -0.25) is 0 Å². The molecule has 0 radical (unpaired) electrons. The number of rotatable bonds is 8. The molecule has 0 aromatic heterocycles. The molecule has 0 rings (SSSR count). The van der Waals surface area contributed by atoms with Crippen molar-refractivity contribution in [2.75, 3.05) is 40.0 Å². The second-order valence-corrected chi connectivity index (χ2v) is 2.39. The summed E-state index contributed by atoms with van der Waals surface area (Å²) in [4.78, 5) is 0. The van der Waals surface area contributed by atoms with Gasteiger partial charge in [0.1, 0.15) is 0 Å². The standard InChI is InChI=1S/C6H13BF3O3/c1-11-2-3-12-4-5-13-6-7(8,9)10/h2-6H2,1H3/q-1. The molecule has 0 aromatic carbocycles. The van der Waals surface area contributed by atoms with Crippen molar-refractivity contribution >= 4 is 6.98 Å². The van der Waals surface area contributed by atoms with Crippen LogP contribution in [-0.2, 0) is 14.2 Å². The summed E-state index contributed by atoms with van der Waals surface area (Å²) in [5.41, 5.74) is 0. The largest absolute Gasteiger partial charge is 0.503 e. The predicted octanol–water partition coefficient (Wildman–Crippen LogP) is 1.05. The fraction of sp³-hybridized carbons (Fsp3) is 1.00. The summed E-state index contributed by atoms with van der Waals surface area (Å²) in [6, 6.07) is 0. The number of methoxy groups -OCH3 is 1. The Hall–Kier alpha value is -0.265. The summed E-state index contributed by atoms with van der Waals surface area (Å²) in [5.74, 6) is 0. The van der Waals surface area contributed by atoms with Crippen molar-refractivity contribution in [1.82, 2.24) is 0 Å². The molecule has 0 amide bonds. The molecule has 80 valence electrons. The minimum Gasteiger partial charge on any atom is -0.447 e. The van der Waals surface area contributed by atoms with Gasteiger partial charge in [0.25, 0.3) is 0 Å². The first-order chi connectivity index (χ1) is 6.06. The number of halogens is 3. The van der Waals surface area contributed by atoms with Gasteiger partial charge in [0.05, 0.1) is 26.4 Å². The molecular weight excluding hydrogens is 188 g/mol. The van der Waals surface area contributed by atoms with Gasteiger partial charge < -0.3 is 27.2 Å². The Kier molecular flexibility index (Phi) is 7.02. The van der Waals surface area contributed by atoms with Crippen molar-refractivity contribution in [2.45, 2.75) is 0 Å². The maximum absolute atomic E-state index is 11.6. The van der Waals surface area contributed by atoms with Crippen LogP contribution in [0.5, 0.6) is 0 Å². The van der Waals surface area contributed by atoms with E-state index >= 15 is 0 Å². The van der Waals surface area contributed by atoms with Gasteiger partial charge in [-0.2, -0.15) is 0 Å². The van der Waals surface area contributed by atoms with Gasteiger partial charge in [0.15, 0.2) is 0 Å². The first-order valence-corrected chi connectivity index (χ1v) is 3.91. The summed E-state index contributed by atoms with van der Waals surface area (Å²) in [7, 11) is 1.52. The Balaban J connectivity index is 3.00. The third kappa shape index (κ3) is 11.7. The topological polar surface area (TPSA) is 27.7 Å². The highest BCUT2D eigenvalue weighted by Gasteiger charge is 2.22. The Morgan fingerprint density at radius 3 is 2.00 bits per heavy atom. The van der Waals surface area contributed by atoms with Crippen LogP contribution in [0.2, 0.25) is 0 Å². The van der Waals surface area contributed by atoms with Crippen LogP contribution in [0.1, 0.15) is 0 Å². The van der Waals surface area contributed by atoms with Crippen molar-refractivity contribution in [3.8, 4) is 0 Å². The van der Waals surface area contributed by atoms with Crippen LogP contribution in [0.4, 0.5) is 12.9 Å². The van der Waals surface area contributed by atoms with Crippen molar-refractivity contribution in [2.24, 2.45) is 0 Å². The van der Waals surface area contributed by atoms with E-state index in [4.69, 9.17) is 4.74 Å². The Morgan fingerprint density at radius 2 is 1.46 bits per heavy atom. The van der Waals surface area contributed by atoms with E-state index < -0.39 is 13.5 Å². The van der Waals surface area contributed by atoms with E-state index in [1.54, 1.807) is 0 Å². The molecular formula is C6H13BF3O3-. The molecule has 0 bridgehead atoms. The van der Waals surface area contributed by atoms with Crippen LogP contribution >= 0.6 is 0 Å². The van der Waals surface area contributed by atoms with Crippen LogP contribution in [0.25, 0.3) is 0 Å². The fourth-order valence-electron chi connectivity index (χ4n) is 0.579. The maximum atomic E-state index is 11.6. The molecule has 3 nitrogen and oxygen atoms in total. The lowest BCUT2D eigenvalue weighted by Crippen LogP contribution is -2.25. The monoisotopic (exact) mass is 201 g/mol. The SMILES string of the molecule is COCCOCCOC[B-](F)(F)F. The molecule has 0 saturated heterocycles. The van der Waals surface area contributed by atoms with Crippen molar-refractivity contribution in [3.05, 3.63) is 0 Å². The van der Waals surface area contributed by atoms with Crippen LogP contribution in [0.3, 0.4) is 0 Å². The average molecular weight is 201 g/mol. The molecule has 7 heteroatoms. The molecule has 13 heavy (non-hydrogen) atoms. The highest BCUT2D eigenvalue weighted by Crippen LogP contribution is 2.07. The van der Waals surface area contributed by atoms with E-state index in [2.05, 4.69) is 9.47 Å². The summed E-state index contributed by atoms with van der Waals surface area (Å²) in [6.07, 6.45) is 0. The minimum atomic E-state index is -4.83. The van der Waals surface area contributed by atoms with E-state index in [-0.39, 0.29) is 13.2 Å². The van der Waals surface area contributed by atoms with Crippen LogP contribution in [0.15, 0.2) is 0 Å². The third-order valence-corrected chi connectivity index (χ3v) is 1.11. The van der Waals surface area contributed by atoms with Gasteiger partial charge in [-0.15, -0.1) is 0 Å². The average Bonchev–Trinajstić information content (AvgIpc) is 2.01. The second kappa shape index (κ2) is 7.17. The van der Waals surface area contributed by atoms with E-state index in [0.717, 1.165) is 0 Å². The fourth-order valence-corrected chi connectivity index (χ4v) is 0.579. The first kappa shape index (κ1) is 12.7. The molecule has 0 spiro atoms. The summed E-state index contributed by atoms with van der Waals surface area (Å²) in [5, 5.41) is 0. The van der Waals surface area contributed by atoms with Crippen molar-refractivity contribution < 1.29 is 27.2 Å². The van der Waals surface area contributed by atoms with Crippen LogP contribution in [0, 0.1) is 0 Å². The highest BCUT2D eigenvalue weighted by atomic mass is 19.4. The first-order valence-electron chi connectivity index (χ1n) is 3.91. The van der Waals surface area contributed by atoms with Crippen molar-refractivity contribution in [3.63, 3.8) is 0 Å². The van der Waals surface area contributed by atoms with Crippen LogP contribution in [-0.4, -0.2) is 47.0 Å². The van der Waals surface area contributed by atoms with Gasteiger partial charge in [-0.25, -0.2) is 0 Å². The smallest absolute Gasteiger partial charge is 0.447 e. The molecule has 0 N–H and O–H groups in total. The zero-order valence-corrected chi connectivity index (χ0v) is 7.47.